The number of aliphatic hydroxyl groups is 1. The van der Waals surface area contributed by atoms with Gasteiger partial charge < -0.3 is 24.8 Å². The van der Waals surface area contributed by atoms with Crippen molar-refractivity contribution in [3.05, 3.63) is 77.4 Å². The number of likely N-dealkylation sites (tertiary alicyclic amines) is 1. The number of carbonyl (C=O) groups is 2. The van der Waals surface area contributed by atoms with Crippen LogP contribution >= 0.6 is 0 Å². The first kappa shape index (κ1) is 25.4. The average Bonchev–Trinajstić information content (AvgIpc) is 3.45. The summed E-state index contributed by atoms with van der Waals surface area (Å²) in [6.07, 6.45) is 2.03. The molecule has 206 valence electrons. The summed E-state index contributed by atoms with van der Waals surface area (Å²) in [6, 6.07) is 19.3. The molecule has 3 aromatic carbocycles. The molecule has 3 aliphatic rings. The number of carbonyl (C=O) groups excluding carboxylic acids is 2. The van der Waals surface area contributed by atoms with Gasteiger partial charge in [-0.2, -0.15) is 0 Å². The molecule has 3 aromatic rings. The highest BCUT2D eigenvalue weighted by Gasteiger charge is 2.51. The summed E-state index contributed by atoms with van der Waals surface area (Å²) < 4.78 is 11.0. The van der Waals surface area contributed by atoms with Crippen molar-refractivity contribution >= 4 is 17.5 Å². The van der Waals surface area contributed by atoms with Gasteiger partial charge in [0.05, 0.1) is 11.5 Å². The molecule has 0 radical (unpaired) electrons. The van der Waals surface area contributed by atoms with E-state index >= 15 is 0 Å². The van der Waals surface area contributed by atoms with Gasteiger partial charge in [-0.3, -0.25) is 14.5 Å². The predicted molar refractivity (Wildman–Crippen MR) is 152 cm³/mol. The summed E-state index contributed by atoms with van der Waals surface area (Å²) in [5.74, 6) is 1.31. The lowest BCUT2D eigenvalue weighted by Crippen LogP contribution is -2.28. The number of nitrogens with one attached hydrogen (secondary N) is 1. The minimum atomic E-state index is -0.570. The molecular formula is C31H37N3O5. The Morgan fingerprint density at radius 2 is 1.82 bits per heavy atom. The van der Waals surface area contributed by atoms with Crippen molar-refractivity contribution in [2.45, 2.75) is 37.3 Å². The molecule has 8 nitrogen and oxygen atoms in total. The first-order valence-corrected chi connectivity index (χ1v) is 13.4. The Morgan fingerprint density at radius 3 is 2.51 bits per heavy atom. The molecule has 0 bridgehead atoms. The second kappa shape index (κ2) is 10.0. The number of hydrogen-bond donors (Lipinski definition) is 2. The molecule has 0 unspecified atom stereocenters. The number of rotatable bonds is 7. The number of hydrogen-bond acceptors (Lipinski definition) is 6. The molecule has 8 heteroatoms. The maximum absolute atomic E-state index is 13.6. The van der Waals surface area contributed by atoms with Crippen LogP contribution < -0.4 is 14.8 Å². The van der Waals surface area contributed by atoms with Gasteiger partial charge in [-0.1, -0.05) is 24.3 Å². The van der Waals surface area contributed by atoms with Crippen molar-refractivity contribution in [1.82, 2.24) is 9.80 Å². The zero-order chi connectivity index (χ0) is 27.1. The van der Waals surface area contributed by atoms with Crippen LogP contribution in [0, 0.1) is 0 Å². The Labute approximate surface area is 231 Å². The maximum atomic E-state index is 13.6. The van der Waals surface area contributed by atoms with E-state index in [4.69, 9.17) is 9.47 Å². The zero-order valence-electron chi connectivity index (χ0n) is 22.3. The highest BCUT2D eigenvalue weighted by Crippen LogP contribution is 2.51. The molecule has 2 aliphatic heterocycles. The van der Waals surface area contributed by atoms with Crippen LogP contribution in [0.3, 0.4) is 0 Å². The molecule has 0 spiro atoms. The summed E-state index contributed by atoms with van der Waals surface area (Å²) >= 11 is 0. The van der Waals surface area contributed by atoms with Crippen molar-refractivity contribution in [2.75, 3.05) is 39.3 Å². The summed E-state index contributed by atoms with van der Waals surface area (Å²) in [5.41, 5.74) is 4.77. The number of fused-ring (bicyclic) bond motifs is 1. The van der Waals surface area contributed by atoms with E-state index in [1.807, 2.05) is 54.6 Å². The number of amides is 2. The van der Waals surface area contributed by atoms with Crippen molar-refractivity contribution in [3.63, 3.8) is 0 Å². The van der Waals surface area contributed by atoms with E-state index in [1.165, 1.54) is 0 Å². The maximum Gasteiger partial charge on any atom is 0.253 e. The van der Waals surface area contributed by atoms with E-state index < -0.39 is 5.41 Å². The minimum Gasteiger partial charge on any atom is -0.454 e. The second-order valence-corrected chi connectivity index (χ2v) is 10.9. The topological polar surface area (TPSA) is 91.3 Å². The van der Waals surface area contributed by atoms with E-state index in [0.717, 1.165) is 53.7 Å². The number of ether oxygens (including phenoxy) is 2. The minimum absolute atomic E-state index is 0. The number of aliphatic hydroxyl groups excluding tert-OH is 1. The standard InChI is InChI=1S/C31H33N3O5.2H2/c1-33(2)29(36)21-5-3-20(4-6-21)26-16-24(9-7-22(26)17-34-14-11-25(35)18-34)32-30(37)31(12-13-31)23-8-10-27-28(15-23)39-19-38-27;;/h3-10,15-16,25,35H,11-14,17-19H2,1-2H3,(H,32,37);2*1H/t25-;;/m1../s1. The Bertz CT molecular complexity index is 1430. The molecule has 2 amide bonds. The monoisotopic (exact) mass is 531 g/mol. The second-order valence-electron chi connectivity index (χ2n) is 10.9. The fourth-order valence-corrected chi connectivity index (χ4v) is 5.52. The lowest BCUT2D eigenvalue weighted by Gasteiger charge is -2.20. The summed E-state index contributed by atoms with van der Waals surface area (Å²) in [6.45, 7) is 2.38. The molecule has 1 atom stereocenters. The third-order valence-electron chi connectivity index (χ3n) is 7.97. The van der Waals surface area contributed by atoms with Crippen LogP contribution in [0.4, 0.5) is 5.69 Å². The van der Waals surface area contributed by atoms with Crippen LogP contribution in [0.5, 0.6) is 11.5 Å². The molecule has 0 aromatic heterocycles. The van der Waals surface area contributed by atoms with Crippen molar-refractivity contribution < 1.29 is 27.0 Å². The van der Waals surface area contributed by atoms with Crippen LogP contribution in [0.25, 0.3) is 11.1 Å². The van der Waals surface area contributed by atoms with Crippen molar-refractivity contribution in [2.24, 2.45) is 0 Å². The van der Waals surface area contributed by atoms with Gasteiger partial charge in [-0.05, 0) is 77.9 Å². The molecule has 1 aliphatic carbocycles. The van der Waals surface area contributed by atoms with Gasteiger partial charge in [0.25, 0.3) is 5.91 Å². The Morgan fingerprint density at radius 1 is 1.05 bits per heavy atom. The smallest absolute Gasteiger partial charge is 0.253 e. The van der Waals surface area contributed by atoms with Gasteiger partial charge in [0.15, 0.2) is 11.5 Å². The van der Waals surface area contributed by atoms with Gasteiger partial charge in [-0.25, -0.2) is 0 Å². The quantitative estimate of drug-likeness (QED) is 0.466. The number of nitrogens with zero attached hydrogens (tertiary/aromatic N) is 2. The van der Waals surface area contributed by atoms with Gasteiger partial charge in [0.1, 0.15) is 0 Å². The zero-order valence-corrected chi connectivity index (χ0v) is 22.3. The van der Waals surface area contributed by atoms with E-state index in [2.05, 4.69) is 16.3 Å². The van der Waals surface area contributed by atoms with E-state index in [-0.39, 0.29) is 27.6 Å². The summed E-state index contributed by atoms with van der Waals surface area (Å²) in [4.78, 5) is 29.8. The molecule has 2 heterocycles. The molecule has 2 N–H and O–H groups in total. The molecule has 6 rings (SSSR count). The first-order valence-electron chi connectivity index (χ1n) is 13.4. The third-order valence-corrected chi connectivity index (χ3v) is 7.97. The number of anilines is 1. The predicted octanol–water partition coefficient (Wildman–Crippen LogP) is 4.51. The van der Waals surface area contributed by atoms with E-state index in [9.17, 15) is 14.7 Å². The summed E-state index contributed by atoms with van der Waals surface area (Å²) in [5, 5.41) is 13.2. The molecule has 1 saturated heterocycles. The highest BCUT2D eigenvalue weighted by atomic mass is 16.7. The Balaban J connectivity index is 0.00000194. The molecule has 39 heavy (non-hydrogen) atoms. The number of β-amino-alcohol motifs (C(OH)–C–C–N with tert-alkyl or cyclic N) is 1. The number of benzene rings is 3. The molecular weight excluding hydrogens is 494 g/mol. The van der Waals surface area contributed by atoms with E-state index in [1.54, 1.807) is 19.0 Å². The van der Waals surface area contributed by atoms with Gasteiger partial charge in [-0.15, -0.1) is 0 Å². The molecule has 1 saturated carbocycles. The Kier molecular flexibility index (Phi) is 6.53. The van der Waals surface area contributed by atoms with Crippen LogP contribution in [0.2, 0.25) is 0 Å². The average molecular weight is 532 g/mol. The van der Waals surface area contributed by atoms with Crippen LogP contribution in [0.15, 0.2) is 60.7 Å². The highest BCUT2D eigenvalue weighted by molar-refractivity contribution is 6.02. The summed E-state index contributed by atoms with van der Waals surface area (Å²) in [7, 11) is 3.47. The largest absolute Gasteiger partial charge is 0.454 e. The SMILES string of the molecule is CN(C)C(=O)c1ccc(-c2cc(NC(=O)C3(c4ccc5c(c4)OCO5)CC3)ccc2CN2CC[C@@H](O)C2)cc1.[HH].[HH]. The van der Waals surface area contributed by atoms with Crippen molar-refractivity contribution in [3.8, 4) is 22.6 Å². The van der Waals surface area contributed by atoms with Gasteiger partial charge in [0.2, 0.25) is 12.7 Å². The third kappa shape index (κ3) is 4.97. The van der Waals surface area contributed by atoms with E-state index in [0.29, 0.717) is 30.2 Å². The fourth-order valence-electron chi connectivity index (χ4n) is 5.52. The first-order chi connectivity index (χ1) is 18.8. The lowest BCUT2D eigenvalue weighted by molar-refractivity contribution is -0.118. The normalized spacial score (nSPS) is 19.1. The van der Waals surface area contributed by atoms with Crippen LogP contribution in [0.1, 0.15) is 43.6 Å². The van der Waals surface area contributed by atoms with Crippen LogP contribution in [-0.4, -0.2) is 66.8 Å². The Hall–Kier alpha value is -3.88. The van der Waals surface area contributed by atoms with Gasteiger partial charge in [0, 0.05) is 47.8 Å². The van der Waals surface area contributed by atoms with Crippen molar-refractivity contribution in [1.29, 1.82) is 0 Å². The van der Waals surface area contributed by atoms with Gasteiger partial charge >= 0.3 is 0 Å². The molecule has 2 fully saturated rings. The fraction of sp³-hybridized carbons (Fsp3) is 0.355. The van der Waals surface area contributed by atoms with Crippen LogP contribution in [-0.2, 0) is 16.8 Å². The lowest BCUT2D eigenvalue weighted by atomic mass is 9.93.